The molecule has 3 aromatic rings. The molecular formula is C27H35N7O3S. The Kier molecular flexibility index (Phi) is 9.11. The molecule has 0 bridgehead atoms. The molecule has 1 aliphatic heterocycles. The van der Waals surface area contributed by atoms with Gasteiger partial charge in [-0.25, -0.2) is 0 Å². The SMILES string of the molecule is CC(C)Nc1cccc(-c2cn(CC3CCCCN(C(=O)CCC(=O)Nc4sccc4C(N)=O)C3)nn2)c1. The first kappa shape index (κ1) is 27.3. The van der Waals surface area contributed by atoms with Gasteiger partial charge in [-0.15, -0.1) is 16.4 Å². The van der Waals surface area contributed by atoms with Crippen LogP contribution < -0.4 is 16.4 Å². The van der Waals surface area contributed by atoms with Crippen molar-refractivity contribution in [1.82, 2.24) is 19.9 Å². The van der Waals surface area contributed by atoms with Crippen LogP contribution in [-0.2, 0) is 16.1 Å². The summed E-state index contributed by atoms with van der Waals surface area (Å²) >= 11 is 1.23. The predicted octanol–water partition coefficient (Wildman–Crippen LogP) is 3.97. The minimum Gasteiger partial charge on any atom is -0.383 e. The Balaban J connectivity index is 1.31. The number of nitrogens with one attached hydrogen (secondary N) is 2. The van der Waals surface area contributed by atoms with E-state index in [0.29, 0.717) is 30.7 Å². The Morgan fingerprint density at radius 2 is 2.03 bits per heavy atom. The fourth-order valence-electron chi connectivity index (χ4n) is 4.66. The molecule has 0 radical (unpaired) electrons. The highest BCUT2D eigenvalue weighted by atomic mass is 32.1. The molecule has 3 amide bonds. The molecule has 1 fully saturated rings. The van der Waals surface area contributed by atoms with E-state index in [0.717, 1.165) is 36.2 Å². The van der Waals surface area contributed by atoms with Crippen LogP contribution in [0.4, 0.5) is 10.7 Å². The summed E-state index contributed by atoms with van der Waals surface area (Å²) in [5.74, 6) is -0.688. The normalized spacial score (nSPS) is 15.8. The van der Waals surface area contributed by atoms with Crippen LogP contribution in [0.2, 0.25) is 0 Å². The van der Waals surface area contributed by atoms with E-state index in [-0.39, 0.29) is 36.1 Å². The van der Waals surface area contributed by atoms with Gasteiger partial charge in [0, 0.05) is 49.8 Å². The largest absolute Gasteiger partial charge is 0.383 e. The Hall–Kier alpha value is -3.73. The number of primary amides is 1. The van der Waals surface area contributed by atoms with Gasteiger partial charge in [-0.3, -0.25) is 19.1 Å². The van der Waals surface area contributed by atoms with Crippen molar-refractivity contribution in [2.45, 2.75) is 58.5 Å². The zero-order valence-electron chi connectivity index (χ0n) is 21.9. The maximum absolute atomic E-state index is 13.0. The summed E-state index contributed by atoms with van der Waals surface area (Å²) in [6, 6.07) is 10.1. The van der Waals surface area contributed by atoms with E-state index >= 15 is 0 Å². The molecule has 1 aromatic carbocycles. The first-order chi connectivity index (χ1) is 18.3. The summed E-state index contributed by atoms with van der Waals surface area (Å²) in [6.45, 7) is 6.19. The fourth-order valence-corrected chi connectivity index (χ4v) is 5.47. The van der Waals surface area contributed by atoms with Gasteiger partial charge in [0.25, 0.3) is 5.91 Å². The number of thiophene rings is 1. The highest BCUT2D eigenvalue weighted by Crippen LogP contribution is 2.24. The molecule has 3 heterocycles. The lowest BCUT2D eigenvalue weighted by molar-refractivity contribution is -0.133. The zero-order chi connectivity index (χ0) is 27.1. The van der Waals surface area contributed by atoms with Crippen molar-refractivity contribution in [3.05, 3.63) is 47.5 Å². The minimum atomic E-state index is -0.593. The molecule has 11 heteroatoms. The zero-order valence-corrected chi connectivity index (χ0v) is 22.7. The lowest BCUT2D eigenvalue weighted by atomic mass is 10.0. The summed E-state index contributed by atoms with van der Waals surface area (Å²) in [7, 11) is 0. The summed E-state index contributed by atoms with van der Waals surface area (Å²) in [4.78, 5) is 38.7. The average molecular weight is 538 g/mol. The quantitative estimate of drug-likeness (QED) is 0.358. The summed E-state index contributed by atoms with van der Waals surface area (Å²) < 4.78 is 1.86. The van der Waals surface area contributed by atoms with Crippen LogP contribution in [-0.4, -0.2) is 56.7 Å². The summed E-state index contributed by atoms with van der Waals surface area (Å²) in [6.07, 6.45) is 5.09. The number of nitrogens with two attached hydrogens (primary N) is 1. The number of carbonyl (C=O) groups excluding carboxylic acids is 3. The number of carbonyl (C=O) groups is 3. The highest BCUT2D eigenvalue weighted by Gasteiger charge is 2.23. The molecule has 2 aromatic heterocycles. The van der Waals surface area contributed by atoms with E-state index in [2.05, 4.69) is 40.9 Å². The minimum absolute atomic E-state index is 0.0397. The number of hydrogen-bond acceptors (Lipinski definition) is 7. The van der Waals surface area contributed by atoms with Gasteiger partial charge in [0.2, 0.25) is 11.8 Å². The molecule has 1 aliphatic rings. The Labute approximate surface area is 226 Å². The van der Waals surface area contributed by atoms with Crippen molar-refractivity contribution in [2.24, 2.45) is 11.7 Å². The van der Waals surface area contributed by atoms with E-state index in [4.69, 9.17) is 5.73 Å². The van der Waals surface area contributed by atoms with Crippen molar-refractivity contribution in [2.75, 3.05) is 23.7 Å². The van der Waals surface area contributed by atoms with Crippen LogP contribution >= 0.6 is 11.3 Å². The van der Waals surface area contributed by atoms with Crippen LogP contribution in [0, 0.1) is 5.92 Å². The Bertz CT molecular complexity index is 1270. The first-order valence-electron chi connectivity index (χ1n) is 13.0. The number of benzene rings is 1. The second-order valence-corrected chi connectivity index (χ2v) is 10.9. The number of likely N-dealkylation sites (tertiary alicyclic amines) is 1. The van der Waals surface area contributed by atoms with Crippen molar-refractivity contribution < 1.29 is 14.4 Å². The smallest absolute Gasteiger partial charge is 0.251 e. The van der Waals surface area contributed by atoms with Crippen LogP contribution in [0.15, 0.2) is 41.9 Å². The third kappa shape index (κ3) is 7.41. The van der Waals surface area contributed by atoms with Crippen molar-refractivity contribution in [1.29, 1.82) is 0 Å². The van der Waals surface area contributed by atoms with Gasteiger partial charge in [-0.1, -0.05) is 23.8 Å². The molecule has 1 atom stereocenters. The van der Waals surface area contributed by atoms with Crippen LogP contribution in [0.25, 0.3) is 11.3 Å². The van der Waals surface area contributed by atoms with E-state index in [1.54, 1.807) is 11.4 Å². The number of aromatic nitrogens is 3. The van der Waals surface area contributed by atoms with Crippen LogP contribution in [0.1, 0.15) is 56.3 Å². The van der Waals surface area contributed by atoms with Crippen LogP contribution in [0.3, 0.4) is 0 Å². The lowest BCUT2D eigenvalue weighted by Gasteiger charge is -2.24. The van der Waals surface area contributed by atoms with E-state index in [1.807, 2.05) is 34.0 Å². The van der Waals surface area contributed by atoms with E-state index in [1.165, 1.54) is 11.3 Å². The molecule has 0 spiro atoms. The topological polar surface area (TPSA) is 135 Å². The molecule has 4 N–H and O–H groups in total. The standard InChI is InChI=1S/C27H35N7O3S/c1-18(2)29-21-8-5-7-20(14-21)23-17-34(32-31-23)16-19-6-3-4-12-33(15-19)25(36)10-9-24(35)30-27-22(26(28)37)11-13-38-27/h5,7-8,11,13-14,17-19,29H,3-4,6,9-10,12,15-16H2,1-2H3,(H2,28,37)(H,30,35). The number of anilines is 2. The highest BCUT2D eigenvalue weighted by molar-refractivity contribution is 7.14. The number of hydrogen-bond donors (Lipinski definition) is 3. The second kappa shape index (κ2) is 12.7. The van der Waals surface area contributed by atoms with Crippen molar-refractivity contribution in [3.63, 3.8) is 0 Å². The van der Waals surface area contributed by atoms with Gasteiger partial charge < -0.3 is 21.3 Å². The fraction of sp³-hybridized carbons (Fsp3) is 0.444. The maximum Gasteiger partial charge on any atom is 0.251 e. The molecule has 1 saturated heterocycles. The van der Waals surface area contributed by atoms with Gasteiger partial charge in [0.05, 0.1) is 11.8 Å². The predicted molar refractivity (Wildman–Crippen MR) is 149 cm³/mol. The number of amides is 3. The Morgan fingerprint density at radius 3 is 2.82 bits per heavy atom. The molecule has 202 valence electrons. The monoisotopic (exact) mass is 537 g/mol. The molecule has 4 rings (SSSR count). The molecule has 0 saturated carbocycles. The van der Waals surface area contributed by atoms with Gasteiger partial charge in [0.15, 0.2) is 0 Å². The third-order valence-corrected chi connectivity index (χ3v) is 7.30. The molecule has 1 unspecified atom stereocenters. The van der Waals surface area contributed by atoms with Gasteiger partial charge in [-0.05, 0) is 56.2 Å². The van der Waals surface area contributed by atoms with Crippen molar-refractivity contribution >= 4 is 39.7 Å². The number of nitrogens with zero attached hydrogens (tertiary/aromatic N) is 4. The van der Waals surface area contributed by atoms with E-state index in [9.17, 15) is 14.4 Å². The molecule has 0 aliphatic carbocycles. The average Bonchev–Trinajstić information content (AvgIpc) is 3.47. The third-order valence-electron chi connectivity index (χ3n) is 6.47. The molecular weight excluding hydrogens is 502 g/mol. The number of rotatable bonds is 10. The van der Waals surface area contributed by atoms with Gasteiger partial charge in [0.1, 0.15) is 10.7 Å². The van der Waals surface area contributed by atoms with Gasteiger partial charge >= 0.3 is 0 Å². The second-order valence-electron chi connectivity index (χ2n) is 9.98. The van der Waals surface area contributed by atoms with Crippen molar-refractivity contribution in [3.8, 4) is 11.3 Å². The van der Waals surface area contributed by atoms with Crippen LogP contribution in [0.5, 0.6) is 0 Å². The lowest BCUT2D eigenvalue weighted by Crippen LogP contribution is -2.36. The molecule has 38 heavy (non-hydrogen) atoms. The maximum atomic E-state index is 13.0. The Morgan fingerprint density at radius 1 is 1.18 bits per heavy atom. The first-order valence-corrected chi connectivity index (χ1v) is 13.9. The van der Waals surface area contributed by atoms with Gasteiger partial charge in [-0.2, -0.15) is 0 Å². The summed E-state index contributed by atoms with van der Waals surface area (Å²) in [5.41, 5.74) is 8.47. The summed E-state index contributed by atoms with van der Waals surface area (Å²) in [5, 5.41) is 16.9. The molecule has 10 nitrogen and oxygen atoms in total. The van der Waals surface area contributed by atoms with E-state index < -0.39 is 5.91 Å².